The molecule has 0 bridgehead atoms. The lowest BCUT2D eigenvalue weighted by molar-refractivity contribution is -0.119. The number of benzene rings is 1. The van der Waals surface area contributed by atoms with E-state index in [0.717, 1.165) is 4.47 Å². The summed E-state index contributed by atoms with van der Waals surface area (Å²) in [5.74, 6) is -1.17. The number of carbonyl (C=O) groups is 3. The van der Waals surface area contributed by atoms with Gasteiger partial charge < -0.3 is 16.4 Å². The van der Waals surface area contributed by atoms with Crippen molar-refractivity contribution >= 4 is 55.7 Å². The SMILES string of the molecule is CN(CC(=O)Nc1ccccc1Br)CC(=O)Nc1sccc1C(N)=O. The van der Waals surface area contributed by atoms with Crippen molar-refractivity contribution in [2.24, 2.45) is 5.73 Å². The van der Waals surface area contributed by atoms with E-state index in [1.165, 1.54) is 11.3 Å². The molecule has 7 nitrogen and oxygen atoms in total. The number of primary amides is 1. The van der Waals surface area contributed by atoms with Crippen LogP contribution in [0.1, 0.15) is 10.4 Å². The predicted octanol–water partition coefficient (Wildman–Crippen LogP) is 2.12. The molecular weight excluding hydrogens is 408 g/mol. The van der Waals surface area contributed by atoms with Gasteiger partial charge in [-0.1, -0.05) is 12.1 Å². The first-order valence-electron chi connectivity index (χ1n) is 7.27. The quantitative estimate of drug-likeness (QED) is 0.632. The zero-order chi connectivity index (χ0) is 18.4. The minimum atomic E-state index is -0.599. The van der Waals surface area contributed by atoms with Crippen LogP contribution in [0.25, 0.3) is 0 Å². The second kappa shape index (κ2) is 8.75. The van der Waals surface area contributed by atoms with E-state index < -0.39 is 5.91 Å². The fourth-order valence-corrected chi connectivity index (χ4v) is 3.26. The zero-order valence-electron chi connectivity index (χ0n) is 13.4. The van der Waals surface area contributed by atoms with E-state index in [1.807, 2.05) is 18.2 Å². The lowest BCUT2D eigenvalue weighted by Gasteiger charge is -2.16. The van der Waals surface area contributed by atoms with Crippen molar-refractivity contribution in [2.75, 3.05) is 30.8 Å². The highest BCUT2D eigenvalue weighted by Gasteiger charge is 2.15. The van der Waals surface area contributed by atoms with Crippen LogP contribution in [-0.4, -0.2) is 42.8 Å². The normalized spacial score (nSPS) is 10.5. The van der Waals surface area contributed by atoms with Gasteiger partial charge in [0.1, 0.15) is 5.00 Å². The van der Waals surface area contributed by atoms with E-state index >= 15 is 0 Å². The number of nitrogens with one attached hydrogen (secondary N) is 2. The van der Waals surface area contributed by atoms with Crippen molar-refractivity contribution in [3.63, 3.8) is 0 Å². The Kier molecular flexibility index (Phi) is 6.68. The lowest BCUT2D eigenvalue weighted by Crippen LogP contribution is -2.36. The topological polar surface area (TPSA) is 105 Å². The first-order chi connectivity index (χ1) is 11.9. The first-order valence-corrected chi connectivity index (χ1v) is 8.94. The van der Waals surface area contributed by atoms with Crippen LogP contribution < -0.4 is 16.4 Å². The van der Waals surface area contributed by atoms with Gasteiger partial charge in [-0.15, -0.1) is 11.3 Å². The maximum Gasteiger partial charge on any atom is 0.251 e. The molecule has 4 N–H and O–H groups in total. The Bertz CT molecular complexity index is 793. The summed E-state index contributed by atoms with van der Waals surface area (Å²) < 4.78 is 0.778. The number of para-hydroxylation sites is 1. The lowest BCUT2D eigenvalue weighted by atomic mass is 10.3. The number of carbonyl (C=O) groups excluding carboxylic acids is 3. The molecule has 1 aromatic carbocycles. The minimum absolute atomic E-state index is 0.000515. The fraction of sp³-hybridized carbons (Fsp3) is 0.188. The van der Waals surface area contributed by atoms with Crippen LogP contribution >= 0.6 is 27.3 Å². The molecule has 0 aliphatic heterocycles. The van der Waals surface area contributed by atoms with E-state index in [9.17, 15) is 14.4 Å². The number of rotatable bonds is 7. The fourth-order valence-electron chi connectivity index (χ4n) is 2.06. The van der Waals surface area contributed by atoms with Gasteiger partial charge in [0.2, 0.25) is 11.8 Å². The number of thiophene rings is 1. The molecule has 0 fully saturated rings. The second-order valence-electron chi connectivity index (χ2n) is 5.28. The molecule has 132 valence electrons. The number of halogens is 1. The molecule has 0 spiro atoms. The number of anilines is 2. The molecule has 25 heavy (non-hydrogen) atoms. The Hall–Kier alpha value is -2.23. The Morgan fingerprint density at radius 1 is 1.12 bits per heavy atom. The van der Waals surface area contributed by atoms with Crippen molar-refractivity contribution in [1.29, 1.82) is 0 Å². The highest BCUT2D eigenvalue weighted by molar-refractivity contribution is 9.10. The summed E-state index contributed by atoms with van der Waals surface area (Å²) >= 11 is 4.57. The highest BCUT2D eigenvalue weighted by Crippen LogP contribution is 2.22. The summed E-state index contributed by atoms with van der Waals surface area (Å²) in [6, 6.07) is 8.81. The third-order valence-electron chi connectivity index (χ3n) is 3.16. The van der Waals surface area contributed by atoms with Crippen LogP contribution in [-0.2, 0) is 9.59 Å². The van der Waals surface area contributed by atoms with Gasteiger partial charge in [0.05, 0.1) is 24.3 Å². The third-order valence-corrected chi connectivity index (χ3v) is 4.68. The molecule has 2 aromatic rings. The van der Waals surface area contributed by atoms with Crippen molar-refractivity contribution in [1.82, 2.24) is 4.90 Å². The molecule has 0 aliphatic rings. The molecule has 3 amide bonds. The Morgan fingerprint density at radius 3 is 2.40 bits per heavy atom. The van der Waals surface area contributed by atoms with Gasteiger partial charge in [-0.2, -0.15) is 0 Å². The van der Waals surface area contributed by atoms with Gasteiger partial charge >= 0.3 is 0 Å². The Morgan fingerprint density at radius 2 is 1.76 bits per heavy atom. The molecular formula is C16H17BrN4O3S. The van der Waals surface area contributed by atoms with Gasteiger partial charge in [-0.25, -0.2) is 0 Å². The van der Waals surface area contributed by atoms with Crippen LogP contribution in [0.4, 0.5) is 10.7 Å². The molecule has 1 heterocycles. The van der Waals surface area contributed by atoms with Crippen LogP contribution in [0.5, 0.6) is 0 Å². The molecule has 9 heteroatoms. The molecule has 1 aromatic heterocycles. The number of nitrogens with zero attached hydrogens (tertiary/aromatic N) is 1. The van der Waals surface area contributed by atoms with Gasteiger partial charge in [-0.05, 0) is 46.6 Å². The smallest absolute Gasteiger partial charge is 0.251 e. The summed E-state index contributed by atoms with van der Waals surface area (Å²) in [6.07, 6.45) is 0. The largest absolute Gasteiger partial charge is 0.366 e. The molecule has 0 saturated heterocycles. The zero-order valence-corrected chi connectivity index (χ0v) is 15.8. The average molecular weight is 425 g/mol. The number of hydrogen-bond acceptors (Lipinski definition) is 5. The van der Waals surface area contributed by atoms with E-state index in [2.05, 4.69) is 26.6 Å². The average Bonchev–Trinajstić information content (AvgIpc) is 2.97. The summed E-state index contributed by atoms with van der Waals surface area (Å²) in [7, 11) is 1.66. The number of nitrogens with two attached hydrogens (primary N) is 1. The van der Waals surface area contributed by atoms with E-state index in [0.29, 0.717) is 10.7 Å². The van der Waals surface area contributed by atoms with Gasteiger partial charge in [0.25, 0.3) is 5.91 Å². The molecule has 0 radical (unpaired) electrons. The van der Waals surface area contributed by atoms with Crippen LogP contribution in [0.2, 0.25) is 0 Å². The van der Waals surface area contributed by atoms with Gasteiger partial charge in [0.15, 0.2) is 0 Å². The molecule has 0 saturated carbocycles. The summed E-state index contributed by atoms with van der Waals surface area (Å²) in [6.45, 7) is 0.0430. The Labute approximate surface area is 157 Å². The molecule has 0 unspecified atom stereocenters. The number of likely N-dealkylation sites (N-methyl/N-ethyl adjacent to an activating group) is 1. The van der Waals surface area contributed by atoms with Crippen LogP contribution in [0.3, 0.4) is 0 Å². The first kappa shape index (κ1) is 19.1. The summed E-state index contributed by atoms with van der Waals surface area (Å²) in [5.41, 5.74) is 6.17. The van der Waals surface area contributed by atoms with Gasteiger partial charge in [0, 0.05) is 4.47 Å². The standard InChI is InChI=1S/C16H17BrN4O3S/c1-21(8-13(22)19-12-5-3-2-4-11(12)17)9-14(23)20-16-10(15(18)24)6-7-25-16/h2-7H,8-9H2,1H3,(H2,18,24)(H,19,22)(H,20,23). The summed E-state index contributed by atoms with van der Waals surface area (Å²) in [5, 5.41) is 7.48. The maximum absolute atomic E-state index is 12.1. The maximum atomic E-state index is 12.1. The van der Waals surface area contributed by atoms with Crippen molar-refractivity contribution in [3.8, 4) is 0 Å². The molecule has 0 atom stereocenters. The number of amides is 3. The second-order valence-corrected chi connectivity index (χ2v) is 7.05. The minimum Gasteiger partial charge on any atom is -0.366 e. The molecule has 2 rings (SSSR count). The molecule has 0 aliphatic carbocycles. The monoisotopic (exact) mass is 424 g/mol. The number of hydrogen-bond donors (Lipinski definition) is 3. The van der Waals surface area contributed by atoms with E-state index in [4.69, 9.17) is 5.73 Å². The predicted molar refractivity (Wildman–Crippen MR) is 102 cm³/mol. The van der Waals surface area contributed by atoms with E-state index in [-0.39, 0.29) is 30.5 Å². The summed E-state index contributed by atoms with van der Waals surface area (Å²) in [4.78, 5) is 36.9. The van der Waals surface area contributed by atoms with Crippen LogP contribution in [0, 0.1) is 0 Å². The van der Waals surface area contributed by atoms with Crippen molar-refractivity contribution in [2.45, 2.75) is 0 Å². The Balaban J connectivity index is 1.85. The highest BCUT2D eigenvalue weighted by atomic mass is 79.9. The third kappa shape index (κ3) is 5.66. The van der Waals surface area contributed by atoms with Crippen molar-refractivity contribution in [3.05, 3.63) is 45.7 Å². The van der Waals surface area contributed by atoms with Crippen LogP contribution in [0.15, 0.2) is 40.2 Å². The van der Waals surface area contributed by atoms with Gasteiger partial charge in [-0.3, -0.25) is 19.3 Å². The van der Waals surface area contributed by atoms with E-state index in [1.54, 1.807) is 29.5 Å². The van der Waals surface area contributed by atoms with Crippen molar-refractivity contribution < 1.29 is 14.4 Å².